The summed E-state index contributed by atoms with van der Waals surface area (Å²) in [7, 11) is 1.34. The second kappa shape index (κ2) is 8.87. The first-order valence-corrected chi connectivity index (χ1v) is 9.39. The highest BCUT2D eigenvalue weighted by atomic mass is 19.1. The first-order chi connectivity index (χ1) is 13.5. The second-order valence-electron chi connectivity index (χ2n) is 6.95. The van der Waals surface area contributed by atoms with Gasteiger partial charge in [-0.25, -0.2) is 9.18 Å². The van der Waals surface area contributed by atoms with Gasteiger partial charge in [-0.2, -0.15) is 0 Å². The molecule has 0 aliphatic heterocycles. The van der Waals surface area contributed by atoms with Crippen LogP contribution >= 0.6 is 0 Å². The van der Waals surface area contributed by atoms with Gasteiger partial charge in [-0.1, -0.05) is 18.2 Å². The SMILES string of the molecule is COc1ccc(C(=O)OCC(=O)NC(C)c2ccc3c(c2)CCCC3)cc1F. The van der Waals surface area contributed by atoms with Crippen molar-refractivity contribution in [2.75, 3.05) is 13.7 Å². The molecule has 2 aromatic rings. The van der Waals surface area contributed by atoms with Gasteiger partial charge in [-0.05, 0) is 67.5 Å². The molecule has 0 heterocycles. The summed E-state index contributed by atoms with van der Waals surface area (Å²) < 4.78 is 23.5. The number of halogens is 1. The molecule has 1 amide bonds. The normalized spacial score (nSPS) is 14.0. The van der Waals surface area contributed by atoms with Gasteiger partial charge in [-0.3, -0.25) is 4.79 Å². The Morgan fingerprint density at radius 1 is 1.11 bits per heavy atom. The minimum absolute atomic E-state index is 0.0221. The highest BCUT2D eigenvalue weighted by Crippen LogP contribution is 2.24. The Kier molecular flexibility index (Phi) is 6.29. The maximum absolute atomic E-state index is 13.7. The Balaban J connectivity index is 1.53. The lowest BCUT2D eigenvalue weighted by molar-refractivity contribution is -0.124. The number of ether oxygens (including phenoxy) is 2. The number of rotatable bonds is 6. The van der Waals surface area contributed by atoms with Crippen molar-refractivity contribution in [3.05, 3.63) is 64.5 Å². The molecule has 0 aromatic heterocycles. The Labute approximate surface area is 163 Å². The Morgan fingerprint density at radius 2 is 1.86 bits per heavy atom. The van der Waals surface area contributed by atoms with Gasteiger partial charge in [0.1, 0.15) is 0 Å². The van der Waals surface area contributed by atoms with Gasteiger partial charge < -0.3 is 14.8 Å². The summed E-state index contributed by atoms with van der Waals surface area (Å²) in [5.74, 6) is -1.80. The van der Waals surface area contributed by atoms with Crippen LogP contribution in [0.15, 0.2) is 36.4 Å². The van der Waals surface area contributed by atoms with E-state index in [1.165, 1.54) is 43.2 Å². The molecule has 0 bridgehead atoms. The third-order valence-electron chi connectivity index (χ3n) is 4.97. The fraction of sp³-hybridized carbons (Fsp3) is 0.364. The van der Waals surface area contributed by atoms with E-state index in [2.05, 4.69) is 17.4 Å². The Bertz CT molecular complexity index is 881. The molecule has 0 spiro atoms. The van der Waals surface area contributed by atoms with Crippen molar-refractivity contribution in [2.24, 2.45) is 0 Å². The van der Waals surface area contributed by atoms with E-state index in [4.69, 9.17) is 9.47 Å². The summed E-state index contributed by atoms with van der Waals surface area (Å²) in [5.41, 5.74) is 3.78. The van der Waals surface area contributed by atoms with E-state index >= 15 is 0 Å². The maximum Gasteiger partial charge on any atom is 0.338 e. The summed E-state index contributed by atoms with van der Waals surface area (Å²) in [6, 6.07) is 9.85. The molecule has 0 fully saturated rings. The molecular formula is C22H24FNO4. The summed E-state index contributed by atoms with van der Waals surface area (Å²) >= 11 is 0. The van der Waals surface area contributed by atoms with Crippen LogP contribution in [0.1, 0.15) is 52.9 Å². The third kappa shape index (κ3) is 4.68. The number of carbonyl (C=O) groups is 2. The fourth-order valence-electron chi connectivity index (χ4n) is 3.40. The van der Waals surface area contributed by atoms with Crippen LogP contribution in [0, 0.1) is 5.82 Å². The Hall–Kier alpha value is -2.89. The molecule has 148 valence electrons. The molecule has 28 heavy (non-hydrogen) atoms. The molecular weight excluding hydrogens is 361 g/mol. The molecule has 1 aliphatic rings. The number of nitrogens with one attached hydrogen (secondary N) is 1. The minimum atomic E-state index is -0.766. The number of amides is 1. The number of carbonyl (C=O) groups excluding carboxylic acids is 2. The zero-order valence-corrected chi connectivity index (χ0v) is 16.1. The van der Waals surface area contributed by atoms with E-state index in [-0.39, 0.29) is 17.4 Å². The molecule has 1 atom stereocenters. The van der Waals surface area contributed by atoms with E-state index in [9.17, 15) is 14.0 Å². The Morgan fingerprint density at radius 3 is 2.57 bits per heavy atom. The van der Waals surface area contributed by atoms with Gasteiger partial charge in [0.2, 0.25) is 0 Å². The number of aryl methyl sites for hydroxylation is 2. The van der Waals surface area contributed by atoms with Crippen LogP contribution in [0.5, 0.6) is 5.75 Å². The fourth-order valence-corrected chi connectivity index (χ4v) is 3.40. The van der Waals surface area contributed by atoms with Gasteiger partial charge in [0.15, 0.2) is 18.2 Å². The number of hydrogen-bond acceptors (Lipinski definition) is 4. The van der Waals surface area contributed by atoms with E-state index in [0.717, 1.165) is 24.5 Å². The van der Waals surface area contributed by atoms with E-state index in [1.54, 1.807) is 0 Å². The number of benzene rings is 2. The van der Waals surface area contributed by atoms with Crippen molar-refractivity contribution in [1.82, 2.24) is 5.32 Å². The lowest BCUT2D eigenvalue weighted by atomic mass is 9.89. The summed E-state index contributed by atoms with van der Waals surface area (Å²) in [6.45, 7) is 1.46. The van der Waals surface area contributed by atoms with E-state index in [1.807, 2.05) is 13.0 Å². The van der Waals surface area contributed by atoms with E-state index < -0.39 is 24.3 Å². The van der Waals surface area contributed by atoms with Crippen LogP contribution in [0.2, 0.25) is 0 Å². The summed E-state index contributed by atoms with van der Waals surface area (Å²) in [6.07, 6.45) is 4.60. The van der Waals surface area contributed by atoms with Crippen LogP contribution in [0.3, 0.4) is 0 Å². The van der Waals surface area contributed by atoms with E-state index in [0.29, 0.717) is 0 Å². The van der Waals surface area contributed by atoms with Crippen LogP contribution in [0.4, 0.5) is 4.39 Å². The van der Waals surface area contributed by atoms with Crippen LogP contribution < -0.4 is 10.1 Å². The lowest BCUT2D eigenvalue weighted by Crippen LogP contribution is -2.31. The summed E-state index contributed by atoms with van der Waals surface area (Å²) in [4.78, 5) is 24.1. The first-order valence-electron chi connectivity index (χ1n) is 9.39. The predicted molar refractivity (Wildman–Crippen MR) is 103 cm³/mol. The zero-order chi connectivity index (χ0) is 20.1. The smallest absolute Gasteiger partial charge is 0.338 e. The molecule has 1 N–H and O–H groups in total. The van der Waals surface area contributed by atoms with Gasteiger partial charge in [0, 0.05) is 0 Å². The molecule has 0 saturated carbocycles. The molecule has 5 nitrogen and oxygen atoms in total. The lowest BCUT2D eigenvalue weighted by Gasteiger charge is -2.20. The number of hydrogen-bond donors (Lipinski definition) is 1. The molecule has 0 saturated heterocycles. The molecule has 0 radical (unpaired) electrons. The average molecular weight is 385 g/mol. The monoisotopic (exact) mass is 385 g/mol. The van der Waals surface area contributed by atoms with Crippen molar-refractivity contribution < 1.29 is 23.5 Å². The predicted octanol–water partition coefficient (Wildman–Crippen LogP) is 3.75. The maximum atomic E-state index is 13.7. The van der Waals surface area contributed by atoms with Gasteiger partial charge in [-0.15, -0.1) is 0 Å². The molecule has 3 rings (SSSR count). The third-order valence-corrected chi connectivity index (χ3v) is 4.97. The largest absolute Gasteiger partial charge is 0.494 e. The van der Waals surface area contributed by atoms with Crippen molar-refractivity contribution >= 4 is 11.9 Å². The number of fused-ring (bicyclic) bond motifs is 1. The van der Waals surface area contributed by atoms with Crippen molar-refractivity contribution in [2.45, 2.75) is 38.6 Å². The minimum Gasteiger partial charge on any atom is -0.494 e. The molecule has 6 heteroatoms. The molecule has 1 aliphatic carbocycles. The molecule has 1 unspecified atom stereocenters. The standard InChI is InChI=1S/C22H24FNO4/c1-14(16-8-7-15-5-3-4-6-17(15)11-16)24-21(25)13-28-22(26)18-9-10-20(27-2)19(23)12-18/h7-12,14H,3-6,13H2,1-2H3,(H,24,25). The summed E-state index contributed by atoms with van der Waals surface area (Å²) in [5, 5.41) is 2.83. The first kappa shape index (κ1) is 19.9. The van der Waals surface area contributed by atoms with Crippen molar-refractivity contribution in [1.29, 1.82) is 0 Å². The highest BCUT2D eigenvalue weighted by molar-refractivity contribution is 5.91. The topological polar surface area (TPSA) is 64.6 Å². The van der Waals surface area contributed by atoms with Gasteiger partial charge in [0.05, 0.1) is 18.7 Å². The number of esters is 1. The number of methoxy groups -OCH3 is 1. The van der Waals surface area contributed by atoms with Crippen molar-refractivity contribution in [3.8, 4) is 5.75 Å². The quantitative estimate of drug-likeness (QED) is 0.770. The van der Waals surface area contributed by atoms with Crippen LogP contribution in [0.25, 0.3) is 0 Å². The van der Waals surface area contributed by atoms with Crippen LogP contribution in [-0.2, 0) is 22.4 Å². The molecule has 2 aromatic carbocycles. The highest BCUT2D eigenvalue weighted by Gasteiger charge is 2.16. The van der Waals surface area contributed by atoms with Gasteiger partial charge >= 0.3 is 5.97 Å². The van der Waals surface area contributed by atoms with Crippen LogP contribution in [-0.4, -0.2) is 25.6 Å². The van der Waals surface area contributed by atoms with Crippen molar-refractivity contribution in [3.63, 3.8) is 0 Å². The van der Waals surface area contributed by atoms with Gasteiger partial charge in [0.25, 0.3) is 5.91 Å². The second-order valence-corrected chi connectivity index (χ2v) is 6.95. The zero-order valence-electron chi connectivity index (χ0n) is 16.1. The average Bonchev–Trinajstić information content (AvgIpc) is 2.71.